The summed E-state index contributed by atoms with van der Waals surface area (Å²) in [6.07, 6.45) is 2.24. The van der Waals surface area contributed by atoms with Crippen LogP contribution in [-0.2, 0) is 4.74 Å². The van der Waals surface area contributed by atoms with E-state index in [0.717, 1.165) is 54.7 Å². The fourth-order valence-electron chi connectivity index (χ4n) is 2.22. The molecule has 1 saturated heterocycles. The molecule has 1 N–H and O–H groups in total. The van der Waals surface area contributed by atoms with Gasteiger partial charge in [0.2, 0.25) is 0 Å². The third-order valence-electron chi connectivity index (χ3n) is 3.26. The Labute approximate surface area is 116 Å². The van der Waals surface area contributed by atoms with Gasteiger partial charge in [-0.15, -0.1) is 0 Å². The van der Waals surface area contributed by atoms with Crippen molar-refractivity contribution in [2.45, 2.75) is 24.1 Å². The third kappa shape index (κ3) is 3.49. The number of nitrogens with zero attached hydrogens (tertiary/aromatic N) is 1. The first-order valence-electron chi connectivity index (χ1n) is 6.71. The van der Waals surface area contributed by atoms with Crippen molar-refractivity contribution < 1.29 is 9.15 Å². The first-order valence-corrected chi connectivity index (χ1v) is 7.70. The van der Waals surface area contributed by atoms with Crippen molar-refractivity contribution in [2.24, 2.45) is 0 Å². The van der Waals surface area contributed by atoms with Crippen LogP contribution in [0.5, 0.6) is 0 Å². The van der Waals surface area contributed by atoms with Gasteiger partial charge in [0.15, 0.2) is 5.58 Å². The van der Waals surface area contributed by atoms with E-state index in [2.05, 4.69) is 10.3 Å². The third-order valence-corrected chi connectivity index (χ3v) is 4.09. The molecule has 0 saturated carbocycles. The number of para-hydroxylation sites is 2. The van der Waals surface area contributed by atoms with Crippen molar-refractivity contribution in [1.29, 1.82) is 0 Å². The van der Waals surface area contributed by atoms with Crippen LogP contribution >= 0.6 is 11.8 Å². The number of benzene rings is 1. The fourth-order valence-corrected chi connectivity index (χ4v) is 2.92. The number of hydrogen-bond donors (Lipinski definition) is 1. The van der Waals surface area contributed by atoms with Crippen LogP contribution in [0.3, 0.4) is 0 Å². The topological polar surface area (TPSA) is 47.3 Å². The molecule has 3 rings (SSSR count). The molecule has 4 nitrogen and oxygen atoms in total. The highest BCUT2D eigenvalue weighted by Crippen LogP contribution is 2.22. The van der Waals surface area contributed by atoms with Crippen LogP contribution in [0.25, 0.3) is 11.1 Å². The molecular formula is C14H18N2O2S. The second-order valence-electron chi connectivity index (χ2n) is 4.64. The first-order chi connectivity index (χ1) is 9.42. The minimum atomic E-state index is 0.609. The number of fused-ring (bicyclic) bond motifs is 1. The molecule has 19 heavy (non-hydrogen) atoms. The van der Waals surface area contributed by atoms with Crippen LogP contribution in [0.1, 0.15) is 12.8 Å². The number of rotatable bonds is 5. The lowest BCUT2D eigenvalue weighted by Gasteiger charge is -2.22. The number of hydrogen-bond acceptors (Lipinski definition) is 5. The second kappa shape index (κ2) is 6.41. The van der Waals surface area contributed by atoms with Crippen molar-refractivity contribution in [2.75, 3.05) is 25.5 Å². The van der Waals surface area contributed by atoms with Crippen LogP contribution in [0.2, 0.25) is 0 Å². The minimum absolute atomic E-state index is 0.609. The van der Waals surface area contributed by atoms with E-state index in [-0.39, 0.29) is 0 Å². The van der Waals surface area contributed by atoms with Crippen LogP contribution < -0.4 is 5.32 Å². The summed E-state index contributed by atoms with van der Waals surface area (Å²) in [5.74, 6) is 0.976. The van der Waals surface area contributed by atoms with E-state index in [1.54, 1.807) is 11.8 Å². The Morgan fingerprint density at radius 3 is 2.95 bits per heavy atom. The Morgan fingerprint density at radius 1 is 1.26 bits per heavy atom. The van der Waals surface area contributed by atoms with E-state index in [0.29, 0.717) is 6.04 Å². The Kier molecular flexibility index (Phi) is 4.37. The van der Waals surface area contributed by atoms with Gasteiger partial charge in [0.05, 0.1) is 0 Å². The first kappa shape index (κ1) is 13.0. The quantitative estimate of drug-likeness (QED) is 0.673. The van der Waals surface area contributed by atoms with Gasteiger partial charge in [0.1, 0.15) is 5.52 Å². The van der Waals surface area contributed by atoms with Crippen molar-refractivity contribution >= 4 is 22.9 Å². The van der Waals surface area contributed by atoms with Crippen LogP contribution in [-0.4, -0.2) is 36.5 Å². The van der Waals surface area contributed by atoms with E-state index in [1.807, 2.05) is 24.3 Å². The van der Waals surface area contributed by atoms with Gasteiger partial charge in [-0.2, -0.15) is 0 Å². The van der Waals surface area contributed by atoms with Gasteiger partial charge in [-0.25, -0.2) is 4.98 Å². The summed E-state index contributed by atoms with van der Waals surface area (Å²) in [5.41, 5.74) is 1.80. The monoisotopic (exact) mass is 278 g/mol. The summed E-state index contributed by atoms with van der Waals surface area (Å²) in [6.45, 7) is 2.75. The summed E-state index contributed by atoms with van der Waals surface area (Å²) >= 11 is 1.66. The molecule has 102 valence electrons. The number of aromatic nitrogens is 1. The van der Waals surface area contributed by atoms with Crippen LogP contribution in [0, 0.1) is 0 Å². The zero-order valence-corrected chi connectivity index (χ0v) is 11.6. The zero-order chi connectivity index (χ0) is 12.9. The lowest BCUT2D eigenvalue weighted by molar-refractivity contribution is 0.0786. The highest BCUT2D eigenvalue weighted by molar-refractivity contribution is 7.99. The molecule has 0 bridgehead atoms. The maximum absolute atomic E-state index is 5.66. The van der Waals surface area contributed by atoms with Crippen molar-refractivity contribution in [3.05, 3.63) is 24.3 Å². The molecule has 1 aliphatic heterocycles. The zero-order valence-electron chi connectivity index (χ0n) is 10.8. The van der Waals surface area contributed by atoms with E-state index < -0.39 is 0 Å². The SMILES string of the molecule is c1ccc2oc(SCCNC3CCOCC3)nc2c1. The molecule has 0 amide bonds. The van der Waals surface area contributed by atoms with E-state index in [9.17, 15) is 0 Å². The van der Waals surface area contributed by atoms with Gasteiger partial charge >= 0.3 is 0 Å². The minimum Gasteiger partial charge on any atom is -0.431 e. The molecule has 1 aromatic carbocycles. The second-order valence-corrected chi connectivity index (χ2v) is 5.68. The molecule has 0 atom stereocenters. The molecule has 0 unspecified atom stereocenters. The maximum atomic E-state index is 5.66. The van der Waals surface area contributed by atoms with Gasteiger partial charge in [-0.1, -0.05) is 23.9 Å². The Morgan fingerprint density at radius 2 is 2.11 bits per heavy atom. The van der Waals surface area contributed by atoms with Gasteiger partial charge in [0.25, 0.3) is 5.22 Å². The number of nitrogens with one attached hydrogen (secondary N) is 1. The van der Waals surface area contributed by atoms with Crippen molar-refractivity contribution in [3.63, 3.8) is 0 Å². The Bertz CT molecular complexity index is 490. The average molecular weight is 278 g/mol. The number of oxazole rings is 1. The van der Waals surface area contributed by atoms with E-state index in [1.165, 1.54) is 0 Å². The fraction of sp³-hybridized carbons (Fsp3) is 0.500. The Hall–Kier alpha value is -1.04. The largest absolute Gasteiger partial charge is 0.431 e. The van der Waals surface area contributed by atoms with Gasteiger partial charge in [0, 0.05) is 31.6 Å². The lowest BCUT2D eigenvalue weighted by Crippen LogP contribution is -2.35. The molecule has 2 aromatic rings. The van der Waals surface area contributed by atoms with Gasteiger partial charge in [-0.05, 0) is 25.0 Å². The molecule has 1 aromatic heterocycles. The van der Waals surface area contributed by atoms with Gasteiger partial charge < -0.3 is 14.5 Å². The smallest absolute Gasteiger partial charge is 0.256 e. The lowest BCUT2D eigenvalue weighted by atomic mass is 10.1. The van der Waals surface area contributed by atoms with Gasteiger partial charge in [-0.3, -0.25) is 0 Å². The number of thioether (sulfide) groups is 1. The van der Waals surface area contributed by atoms with Crippen LogP contribution in [0.4, 0.5) is 0 Å². The molecular weight excluding hydrogens is 260 g/mol. The highest BCUT2D eigenvalue weighted by Gasteiger charge is 2.12. The van der Waals surface area contributed by atoms with Crippen molar-refractivity contribution in [3.8, 4) is 0 Å². The van der Waals surface area contributed by atoms with Crippen LogP contribution in [0.15, 0.2) is 33.9 Å². The standard InChI is InChI=1S/C14H18N2O2S/c1-2-4-13-12(3-1)16-14(18-13)19-10-7-15-11-5-8-17-9-6-11/h1-4,11,15H,5-10H2. The molecule has 2 heterocycles. The molecule has 0 spiro atoms. The normalized spacial score (nSPS) is 17.1. The molecule has 1 aliphatic rings. The summed E-state index contributed by atoms with van der Waals surface area (Å²) in [6, 6.07) is 8.48. The van der Waals surface area contributed by atoms with Crippen molar-refractivity contribution in [1.82, 2.24) is 10.3 Å². The molecule has 0 aliphatic carbocycles. The molecule has 1 fully saturated rings. The Balaban J connectivity index is 1.44. The predicted molar refractivity (Wildman–Crippen MR) is 76.6 cm³/mol. The maximum Gasteiger partial charge on any atom is 0.256 e. The highest BCUT2D eigenvalue weighted by atomic mass is 32.2. The summed E-state index contributed by atoms with van der Waals surface area (Å²) in [7, 11) is 0. The molecule has 5 heteroatoms. The molecule has 0 radical (unpaired) electrons. The predicted octanol–water partition coefficient (Wildman–Crippen LogP) is 2.69. The average Bonchev–Trinajstić information content (AvgIpc) is 2.87. The summed E-state index contributed by atoms with van der Waals surface area (Å²) in [4.78, 5) is 4.45. The van der Waals surface area contributed by atoms with E-state index in [4.69, 9.17) is 9.15 Å². The summed E-state index contributed by atoms with van der Waals surface area (Å²) < 4.78 is 11.0. The van der Waals surface area contributed by atoms with E-state index >= 15 is 0 Å². The number of ether oxygens (including phenoxy) is 1. The summed E-state index contributed by atoms with van der Waals surface area (Å²) in [5, 5.41) is 4.31.